The summed E-state index contributed by atoms with van der Waals surface area (Å²) in [6.45, 7) is 0. The van der Waals surface area contributed by atoms with Gasteiger partial charge in [-0.05, 0) is 34.4 Å². The van der Waals surface area contributed by atoms with Gasteiger partial charge in [0, 0.05) is 19.8 Å². The first-order chi connectivity index (χ1) is 12.2. The number of hydrogen-bond donors (Lipinski definition) is 0. The zero-order chi connectivity index (χ0) is 17.5. The van der Waals surface area contributed by atoms with Crippen LogP contribution >= 0.6 is 0 Å². The summed E-state index contributed by atoms with van der Waals surface area (Å²) < 4.78 is 0. The van der Waals surface area contributed by atoms with E-state index in [-0.39, 0.29) is 0 Å². The van der Waals surface area contributed by atoms with Crippen LogP contribution in [0.15, 0.2) is 78.9 Å². The molecule has 3 rings (SSSR count). The molecule has 0 aliphatic carbocycles. The molecule has 0 aromatic heterocycles. The number of anilines is 1. The Morgan fingerprint density at radius 2 is 0.840 bits per heavy atom. The van der Waals surface area contributed by atoms with Crippen LogP contribution < -0.4 is 4.90 Å². The molecule has 0 saturated heterocycles. The van der Waals surface area contributed by atoms with Crippen LogP contribution in [0.3, 0.4) is 0 Å². The van der Waals surface area contributed by atoms with Crippen LogP contribution in [0.4, 0.5) is 5.69 Å². The largest absolute Gasteiger partial charge is 0.378 e. The molecule has 0 bridgehead atoms. The highest BCUT2D eigenvalue weighted by Crippen LogP contribution is 2.15. The molecule has 0 heterocycles. The van der Waals surface area contributed by atoms with Crippen molar-refractivity contribution in [2.45, 2.75) is 0 Å². The highest BCUT2D eigenvalue weighted by Gasteiger charge is 1.94. The Hall–Kier alpha value is -3.06. The monoisotopic (exact) mass is 325 g/mol. The van der Waals surface area contributed by atoms with Gasteiger partial charge in [-0.15, -0.1) is 0 Å². The van der Waals surface area contributed by atoms with E-state index in [0.29, 0.717) is 0 Å². The first-order valence-corrected chi connectivity index (χ1v) is 8.49. The Morgan fingerprint density at radius 3 is 1.24 bits per heavy atom. The Labute approximate surface area is 150 Å². The summed E-state index contributed by atoms with van der Waals surface area (Å²) >= 11 is 0. The van der Waals surface area contributed by atoms with Crippen LogP contribution in [-0.2, 0) is 0 Å². The van der Waals surface area contributed by atoms with Gasteiger partial charge in [-0.2, -0.15) is 0 Å². The molecular formula is C24H23N. The van der Waals surface area contributed by atoms with E-state index in [9.17, 15) is 0 Å². The molecule has 0 radical (unpaired) electrons. The lowest BCUT2D eigenvalue weighted by Gasteiger charge is -2.11. The van der Waals surface area contributed by atoms with Gasteiger partial charge in [0.2, 0.25) is 0 Å². The van der Waals surface area contributed by atoms with Gasteiger partial charge in [0.05, 0.1) is 0 Å². The van der Waals surface area contributed by atoms with Gasteiger partial charge in [0.15, 0.2) is 0 Å². The van der Waals surface area contributed by atoms with Crippen LogP contribution in [0.1, 0.15) is 22.3 Å². The third kappa shape index (κ3) is 4.95. The number of benzene rings is 3. The van der Waals surface area contributed by atoms with Crippen molar-refractivity contribution in [2.75, 3.05) is 19.0 Å². The minimum Gasteiger partial charge on any atom is -0.378 e. The molecule has 1 nitrogen and oxygen atoms in total. The predicted octanol–water partition coefficient (Wildman–Crippen LogP) is 6.09. The maximum Gasteiger partial charge on any atom is 0.0361 e. The lowest BCUT2D eigenvalue weighted by molar-refractivity contribution is 1.13. The predicted molar refractivity (Wildman–Crippen MR) is 112 cm³/mol. The third-order valence-electron chi connectivity index (χ3n) is 4.08. The van der Waals surface area contributed by atoms with Crippen molar-refractivity contribution in [1.29, 1.82) is 0 Å². The van der Waals surface area contributed by atoms with Crippen LogP contribution in [0, 0.1) is 0 Å². The van der Waals surface area contributed by atoms with Crippen molar-refractivity contribution in [3.05, 3.63) is 101 Å². The first kappa shape index (κ1) is 16.8. The molecule has 124 valence electrons. The summed E-state index contributed by atoms with van der Waals surface area (Å²) in [5.41, 5.74) is 6.04. The van der Waals surface area contributed by atoms with Gasteiger partial charge in [-0.25, -0.2) is 0 Å². The lowest BCUT2D eigenvalue weighted by Crippen LogP contribution is -2.07. The maximum atomic E-state index is 2.15. The Bertz CT molecular complexity index is 839. The molecule has 0 unspecified atom stereocenters. The van der Waals surface area contributed by atoms with E-state index in [1.165, 1.54) is 27.9 Å². The standard InChI is InChI=1S/C24H23N/c1-25(2)24-18-16-23(17-19-24)15-14-22-12-10-21(11-13-22)9-8-20-6-4-3-5-7-20/h3-19H,1-2H3/b9-8+,15-14+. The summed E-state index contributed by atoms with van der Waals surface area (Å²) in [6, 6.07) is 27.5. The molecule has 0 atom stereocenters. The van der Waals surface area contributed by atoms with Crippen molar-refractivity contribution in [3.8, 4) is 0 Å². The minimum atomic E-state index is 1.20. The van der Waals surface area contributed by atoms with Crippen LogP contribution in [0.2, 0.25) is 0 Å². The summed E-state index contributed by atoms with van der Waals surface area (Å²) in [5.74, 6) is 0. The van der Waals surface area contributed by atoms with Crippen LogP contribution in [0.25, 0.3) is 24.3 Å². The summed E-state index contributed by atoms with van der Waals surface area (Å²) in [6.07, 6.45) is 8.57. The lowest BCUT2D eigenvalue weighted by atomic mass is 10.1. The molecule has 1 heteroatoms. The Kier molecular flexibility index (Phi) is 5.48. The molecule has 0 aliphatic heterocycles. The second-order valence-corrected chi connectivity index (χ2v) is 6.23. The first-order valence-electron chi connectivity index (χ1n) is 8.49. The SMILES string of the molecule is CN(C)c1ccc(/C=C/c2ccc(/C=C/c3ccccc3)cc2)cc1. The number of nitrogens with zero attached hydrogens (tertiary/aromatic N) is 1. The van der Waals surface area contributed by atoms with Crippen molar-refractivity contribution < 1.29 is 0 Å². The summed E-state index contributed by atoms with van der Waals surface area (Å²) in [4.78, 5) is 2.11. The molecule has 0 amide bonds. The second kappa shape index (κ2) is 8.16. The fraction of sp³-hybridized carbons (Fsp3) is 0.0833. The topological polar surface area (TPSA) is 3.24 Å². The van der Waals surface area contributed by atoms with E-state index in [2.05, 4.69) is 116 Å². The normalized spacial score (nSPS) is 11.3. The highest BCUT2D eigenvalue weighted by atomic mass is 15.1. The van der Waals surface area contributed by atoms with E-state index in [4.69, 9.17) is 0 Å². The van der Waals surface area contributed by atoms with Gasteiger partial charge in [-0.1, -0.05) is 91.0 Å². The number of hydrogen-bond acceptors (Lipinski definition) is 1. The van der Waals surface area contributed by atoms with Crippen LogP contribution in [0.5, 0.6) is 0 Å². The highest BCUT2D eigenvalue weighted by molar-refractivity contribution is 5.73. The third-order valence-corrected chi connectivity index (χ3v) is 4.08. The smallest absolute Gasteiger partial charge is 0.0361 e. The molecule has 0 spiro atoms. The molecule has 0 fully saturated rings. The van der Waals surface area contributed by atoms with Gasteiger partial charge < -0.3 is 4.90 Å². The minimum absolute atomic E-state index is 1.20. The van der Waals surface area contributed by atoms with E-state index in [0.717, 1.165) is 0 Å². The van der Waals surface area contributed by atoms with Crippen molar-refractivity contribution >= 4 is 30.0 Å². The van der Waals surface area contributed by atoms with Gasteiger partial charge >= 0.3 is 0 Å². The molecule has 25 heavy (non-hydrogen) atoms. The zero-order valence-electron chi connectivity index (χ0n) is 14.8. The molecule has 3 aromatic rings. The molecule has 0 N–H and O–H groups in total. The van der Waals surface area contributed by atoms with Gasteiger partial charge in [0.25, 0.3) is 0 Å². The average Bonchev–Trinajstić information content (AvgIpc) is 2.67. The van der Waals surface area contributed by atoms with E-state index < -0.39 is 0 Å². The molecule has 3 aromatic carbocycles. The van der Waals surface area contributed by atoms with Gasteiger partial charge in [0.1, 0.15) is 0 Å². The Balaban J connectivity index is 1.65. The van der Waals surface area contributed by atoms with E-state index in [1.807, 2.05) is 6.07 Å². The van der Waals surface area contributed by atoms with Crippen molar-refractivity contribution in [1.82, 2.24) is 0 Å². The van der Waals surface area contributed by atoms with E-state index >= 15 is 0 Å². The summed E-state index contributed by atoms with van der Waals surface area (Å²) in [7, 11) is 4.11. The molecular weight excluding hydrogens is 302 g/mol. The second-order valence-electron chi connectivity index (χ2n) is 6.23. The number of rotatable bonds is 5. The quantitative estimate of drug-likeness (QED) is 0.513. The van der Waals surface area contributed by atoms with Gasteiger partial charge in [-0.3, -0.25) is 0 Å². The maximum absolute atomic E-state index is 2.15. The Morgan fingerprint density at radius 1 is 0.480 bits per heavy atom. The molecule has 0 aliphatic rings. The fourth-order valence-corrected chi connectivity index (χ4v) is 2.55. The van der Waals surface area contributed by atoms with Crippen molar-refractivity contribution in [3.63, 3.8) is 0 Å². The fourth-order valence-electron chi connectivity index (χ4n) is 2.55. The summed E-state index contributed by atoms with van der Waals surface area (Å²) in [5, 5.41) is 0. The van der Waals surface area contributed by atoms with Crippen molar-refractivity contribution in [2.24, 2.45) is 0 Å². The average molecular weight is 325 g/mol. The van der Waals surface area contributed by atoms with Crippen LogP contribution in [-0.4, -0.2) is 14.1 Å². The zero-order valence-corrected chi connectivity index (χ0v) is 14.8. The molecule has 0 saturated carbocycles. The van der Waals surface area contributed by atoms with E-state index in [1.54, 1.807) is 0 Å².